The first-order valence-corrected chi connectivity index (χ1v) is 10.5. The molecule has 0 aromatic carbocycles. The monoisotopic (exact) mass is 245 g/mol. The Morgan fingerprint density at radius 1 is 0.933 bits per heavy atom. The first kappa shape index (κ1) is 12.3. The SMILES string of the molecule is CP1CCC[C@@H]1CNC[C@H]1CCCP1C. The first-order chi connectivity index (χ1) is 7.27. The zero-order chi connectivity index (χ0) is 10.7. The smallest absolute Gasteiger partial charge is 0.00191 e. The van der Waals surface area contributed by atoms with Gasteiger partial charge in [-0.2, -0.15) is 0 Å². The Labute approximate surface area is 97.3 Å². The highest BCUT2D eigenvalue weighted by atomic mass is 31.1. The summed E-state index contributed by atoms with van der Waals surface area (Å²) in [6, 6.07) is 0. The molecule has 2 aliphatic heterocycles. The lowest BCUT2D eigenvalue weighted by molar-refractivity contribution is 0.616. The van der Waals surface area contributed by atoms with E-state index >= 15 is 0 Å². The summed E-state index contributed by atoms with van der Waals surface area (Å²) >= 11 is 0. The Bertz CT molecular complexity index is 178. The molecule has 0 radical (unpaired) electrons. The van der Waals surface area contributed by atoms with Crippen LogP contribution in [0.5, 0.6) is 0 Å². The van der Waals surface area contributed by atoms with Gasteiger partial charge < -0.3 is 5.32 Å². The topological polar surface area (TPSA) is 12.0 Å². The molecule has 4 atom stereocenters. The van der Waals surface area contributed by atoms with E-state index in [1.165, 1.54) is 51.1 Å². The van der Waals surface area contributed by atoms with Gasteiger partial charge in [-0.1, -0.05) is 0 Å². The van der Waals surface area contributed by atoms with Gasteiger partial charge in [0.25, 0.3) is 0 Å². The van der Waals surface area contributed by atoms with Crippen LogP contribution in [0.15, 0.2) is 0 Å². The van der Waals surface area contributed by atoms with Gasteiger partial charge in [0.2, 0.25) is 0 Å². The summed E-state index contributed by atoms with van der Waals surface area (Å²) in [6.07, 6.45) is 9.07. The Balaban J connectivity index is 1.62. The molecule has 2 rings (SSSR count). The molecule has 0 aromatic rings. The molecule has 2 heterocycles. The van der Waals surface area contributed by atoms with E-state index in [4.69, 9.17) is 0 Å². The van der Waals surface area contributed by atoms with Gasteiger partial charge in [0.1, 0.15) is 0 Å². The third kappa shape index (κ3) is 3.39. The second kappa shape index (κ2) is 5.95. The first-order valence-electron chi connectivity index (χ1n) is 6.38. The minimum absolute atomic E-state index is 0.379. The molecule has 15 heavy (non-hydrogen) atoms. The molecule has 2 saturated heterocycles. The Hall–Kier alpha value is 0.820. The summed E-state index contributed by atoms with van der Waals surface area (Å²) in [5.74, 6) is 0. The fourth-order valence-corrected chi connectivity index (χ4v) is 7.11. The minimum Gasteiger partial charge on any atom is -0.315 e. The molecule has 0 amide bonds. The Kier molecular flexibility index (Phi) is 4.87. The molecule has 0 aromatic heterocycles. The summed E-state index contributed by atoms with van der Waals surface area (Å²) in [4.78, 5) is 0. The second-order valence-corrected chi connectivity index (χ2v) is 10.6. The van der Waals surface area contributed by atoms with Crippen molar-refractivity contribution in [1.82, 2.24) is 5.32 Å². The van der Waals surface area contributed by atoms with Gasteiger partial charge in [-0.3, -0.25) is 0 Å². The van der Waals surface area contributed by atoms with Gasteiger partial charge in [-0.15, -0.1) is 15.8 Å². The predicted octanol–water partition coefficient (Wildman–Crippen LogP) is 3.12. The number of nitrogens with one attached hydrogen (secondary N) is 1. The van der Waals surface area contributed by atoms with Gasteiger partial charge in [0.05, 0.1) is 0 Å². The van der Waals surface area contributed by atoms with E-state index in [-0.39, 0.29) is 0 Å². The highest BCUT2D eigenvalue weighted by molar-refractivity contribution is 7.58. The fourth-order valence-electron chi connectivity index (χ4n) is 2.89. The van der Waals surface area contributed by atoms with Crippen molar-refractivity contribution in [3.05, 3.63) is 0 Å². The van der Waals surface area contributed by atoms with Crippen LogP contribution in [0.4, 0.5) is 0 Å². The normalized spacial score (nSPS) is 41.2. The van der Waals surface area contributed by atoms with Gasteiger partial charge in [-0.05, 0) is 62.7 Å². The Morgan fingerprint density at radius 2 is 1.40 bits per heavy atom. The molecular formula is C12H25NP2. The summed E-state index contributed by atoms with van der Waals surface area (Å²) in [5, 5.41) is 3.76. The zero-order valence-electron chi connectivity index (χ0n) is 10.2. The van der Waals surface area contributed by atoms with Crippen molar-refractivity contribution in [1.29, 1.82) is 0 Å². The maximum Gasteiger partial charge on any atom is 0.00191 e. The highest BCUT2D eigenvalue weighted by Gasteiger charge is 2.25. The van der Waals surface area contributed by atoms with Crippen molar-refractivity contribution in [3.8, 4) is 0 Å². The molecule has 2 aliphatic rings. The molecule has 0 saturated carbocycles. The number of hydrogen-bond acceptors (Lipinski definition) is 1. The van der Waals surface area contributed by atoms with Crippen molar-refractivity contribution in [2.75, 3.05) is 38.7 Å². The molecule has 1 nitrogen and oxygen atoms in total. The van der Waals surface area contributed by atoms with E-state index in [0.29, 0.717) is 15.8 Å². The van der Waals surface area contributed by atoms with Gasteiger partial charge >= 0.3 is 0 Å². The quantitative estimate of drug-likeness (QED) is 0.750. The average Bonchev–Trinajstić information content (AvgIpc) is 2.78. The summed E-state index contributed by atoms with van der Waals surface area (Å²) in [6.45, 7) is 7.64. The molecule has 88 valence electrons. The van der Waals surface area contributed by atoms with Crippen molar-refractivity contribution in [2.24, 2.45) is 0 Å². The molecule has 3 heteroatoms. The van der Waals surface area contributed by atoms with Crippen LogP contribution in [-0.4, -0.2) is 50.1 Å². The third-order valence-electron chi connectivity index (χ3n) is 4.10. The summed E-state index contributed by atoms with van der Waals surface area (Å²) in [7, 11) is 0.759. The standard InChI is InChI=1S/C12H25NP2/c1-14-7-3-5-11(14)9-13-10-12-6-4-8-15(12)2/h11-13H,3-10H2,1-2H3/t11-,12-,14?,15?/m1/s1. The van der Waals surface area contributed by atoms with Crippen molar-refractivity contribution >= 4 is 15.8 Å². The molecule has 0 aliphatic carbocycles. The van der Waals surface area contributed by atoms with Crippen molar-refractivity contribution < 1.29 is 0 Å². The van der Waals surface area contributed by atoms with Crippen LogP contribution in [-0.2, 0) is 0 Å². The molecular weight excluding hydrogens is 220 g/mol. The minimum atomic E-state index is 0.379. The van der Waals surface area contributed by atoms with Crippen LogP contribution in [0.3, 0.4) is 0 Å². The number of rotatable bonds is 4. The average molecular weight is 245 g/mol. The van der Waals surface area contributed by atoms with E-state index in [1.54, 1.807) is 0 Å². The molecule has 0 spiro atoms. The summed E-state index contributed by atoms with van der Waals surface area (Å²) in [5.41, 5.74) is 2.09. The van der Waals surface area contributed by atoms with E-state index in [0.717, 1.165) is 11.3 Å². The third-order valence-corrected chi connectivity index (χ3v) is 9.52. The van der Waals surface area contributed by atoms with E-state index in [1.807, 2.05) is 0 Å². The van der Waals surface area contributed by atoms with Gasteiger partial charge in [-0.25, -0.2) is 0 Å². The van der Waals surface area contributed by atoms with Crippen molar-refractivity contribution in [3.63, 3.8) is 0 Å². The maximum absolute atomic E-state index is 3.76. The highest BCUT2D eigenvalue weighted by Crippen LogP contribution is 2.47. The lowest BCUT2D eigenvalue weighted by atomic mass is 10.2. The van der Waals surface area contributed by atoms with Crippen LogP contribution in [0.2, 0.25) is 0 Å². The lowest BCUT2D eigenvalue weighted by Gasteiger charge is -2.20. The lowest BCUT2D eigenvalue weighted by Crippen LogP contribution is -2.30. The number of hydrogen-bond donors (Lipinski definition) is 1. The van der Waals surface area contributed by atoms with Crippen LogP contribution in [0.25, 0.3) is 0 Å². The summed E-state index contributed by atoms with van der Waals surface area (Å²) < 4.78 is 0. The van der Waals surface area contributed by atoms with Crippen LogP contribution in [0.1, 0.15) is 25.7 Å². The van der Waals surface area contributed by atoms with E-state index < -0.39 is 0 Å². The maximum atomic E-state index is 3.76. The molecule has 2 unspecified atom stereocenters. The molecule has 1 N–H and O–H groups in total. The Morgan fingerprint density at radius 3 is 1.73 bits per heavy atom. The molecule has 2 fully saturated rings. The fraction of sp³-hybridized carbons (Fsp3) is 1.00. The largest absolute Gasteiger partial charge is 0.315 e. The molecule has 0 bridgehead atoms. The zero-order valence-corrected chi connectivity index (χ0v) is 12.0. The van der Waals surface area contributed by atoms with Crippen LogP contribution < -0.4 is 5.32 Å². The van der Waals surface area contributed by atoms with Crippen molar-refractivity contribution in [2.45, 2.75) is 37.0 Å². The second-order valence-electron chi connectivity index (χ2n) is 5.21. The van der Waals surface area contributed by atoms with Gasteiger partial charge in [0.15, 0.2) is 0 Å². The van der Waals surface area contributed by atoms with Crippen LogP contribution in [0, 0.1) is 0 Å². The van der Waals surface area contributed by atoms with Gasteiger partial charge in [0, 0.05) is 13.1 Å². The van der Waals surface area contributed by atoms with E-state index in [9.17, 15) is 0 Å². The van der Waals surface area contributed by atoms with E-state index in [2.05, 4.69) is 18.6 Å². The predicted molar refractivity (Wildman–Crippen MR) is 74.3 cm³/mol. The van der Waals surface area contributed by atoms with Crippen LogP contribution >= 0.6 is 15.8 Å².